The van der Waals surface area contributed by atoms with E-state index in [1.165, 1.54) is 6.07 Å². The summed E-state index contributed by atoms with van der Waals surface area (Å²) in [5, 5.41) is 4.23. The first-order valence-electron chi connectivity index (χ1n) is 6.88. The number of nitrogens with zero attached hydrogens (tertiary/aromatic N) is 1. The van der Waals surface area contributed by atoms with Gasteiger partial charge in [-0.1, -0.05) is 36.2 Å². The van der Waals surface area contributed by atoms with Gasteiger partial charge in [0.15, 0.2) is 0 Å². The van der Waals surface area contributed by atoms with Crippen LogP contribution < -0.4 is 5.32 Å². The van der Waals surface area contributed by atoms with Crippen molar-refractivity contribution in [1.82, 2.24) is 10.3 Å². The summed E-state index contributed by atoms with van der Waals surface area (Å²) in [5.74, 6) is -0.402. The van der Waals surface area contributed by atoms with Gasteiger partial charge < -0.3 is 5.32 Å². The lowest BCUT2D eigenvalue weighted by Crippen LogP contribution is -2.24. The van der Waals surface area contributed by atoms with E-state index in [9.17, 15) is 4.39 Å². The molecule has 0 amide bonds. The number of hydrogen-bond donors (Lipinski definition) is 1. The van der Waals surface area contributed by atoms with Gasteiger partial charge in [0.2, 0.25) is 0 Å². The normalized spacial score (nSPS) is 12.4. The van der Waals surface area contributed by atoms with E-state index in [2.05, 4.69) is 17.2 Å². The van der Waals surface area contributed by atoms with Crippen molar-refractivity contribution >= 4 is 23.2 Å². The highest BCUT2D eigenvalue weighted by Crippen LogP contribution is 2.26. The van der Waals surface area contributed by atoms with Crippen LogP contribution in [0.1, 0.15) is 30.5 Å². The molecular formula is C16H17Cl2FN2. The molecule has 1 aromatic heterocycles. The average molecular weight is 327 g/mol. The van der Waals surface area contributed by atoms with E-state index in [1.54, 1.807) is 24.5 Å². The van der Waals surface area contributed by atoms with Crippen LogP contribution in [0.15, 0.2) is 36.7 Å². The molecule has 0 fully saturated rings. The van der Waals surface area contributed by atoms with Crippen molar-refractivity contribution in [2.45, 2.75) is 25.8 Å². The number of aromatic nitrogens is 1. The number of nitrogens with one attached hydrogen (secondary N) is 1. The maximum absolute atomic E-state index is 13.2. The fourth-order valence-electron chi connectivity index (χ4n) is 2.18. The summed E-state index contributed by atoms with van der Waals surface area (Å²) in [4.78, 5) is 4.01. The van der Waals surface area contributed by atoms with E-state index < -0.39 is 5.82 Å². The van der Waals surface area contributed by atoms with Gasteiger partial charge in [0.05, 0.1) is 10.0 Å². The lowest BCUT2D eigenvalue weighted by atomic mass is 9.99. The first-order valence-corrected chi connectivity index (χ1v) is 7.64. The van der Waals surface area contributed by atoms with E-state index in [0.717, 1.165) is 24.1 Å². The Morgan fingerprint density at radius 2 is 2.05 bits per heavy atom. The number of halogens is 3. The van der Waals surface area contributed by atoms with Gasteiger partial charge in [-0.15, -0.1) is 0 Å². The first kappa shape index (κ1) is 16.2. The Hall–Kier alpha value is -1.16. The van der Waals surface area contributed by atoms with E-state index in [1.807, 2.05) is 6.07 Å². The minimum absolute atomic E-state index is 0.0435. The number of pyridine rings is 1. The fraction of sp³-hybridized carbons (Fsp3) is 0.312. The molecule has 0 saturated carbocycles. The minimum atomic E-state index is -0.402. The van der Waals surface area contributed by atoms with Gasteiger partial charge >= 0.3 is 0 Å². The monoisotopic (exact) mass is 326 g/mol. The van der Waals surface area contributed by atoms with Crippen molar-refractivity contribution in [3.8, 4) is 0 Å². The molecule has 0 saturated heterocycles. The molecule has 0 radical (unpaired) electrons. The lowest BCUT2D eigenvalue weighted by Gasteiger charge is -2.20. The van der Waals surface area contributed by atoms with Gasteiger partial charge in [0.25, 0.3) is 0 Å². The summed E-state index contributed by atoms with van der Waals surface area (Å²) in [6.45, 7) is 2.98. The summed E-state index contributed by atoms with van der Waals surface area (Å²) >= 11 is 12.1. The van der Waals surface area contributed by atoms with E-state index in [-0.39, 0.29) is 11.1 Å². The molecule has 0 spiro atoms. The number of benzene rings is 1. The molecule has 1 N–H and O–H groups in total. The van der Waals surface area contributed by atoms with Crippen LogP contribution in [0.5, 0.6) is 0 Å². The van der Waals surface area contributed by atoms with Crippen LogP contribution in [0.25, 0.3) is 0 Å². The molecule has 21 heavy (non-hydrogen) atoms. The fourth-order valence-corrected chi connectivity index (χ4v) is 2.64. The van der Waals surface area contributed by atoms with Gasteiger partial charge in [-0.3, -0.25) is 4.98 Å². The Bertz CT molecular complexity index is 605. The third-order valence-corrected chi connectivity index (χ3v) is 3.85. The van der Waals surface area contributed by atoms with Gasteiger partial charge in [-0.2, -0.15) is 0 Å². The summed E-state index contributed by atoms with van der Waals surface area (Å²) < 4.78 is 13.2. The number of hydrogen-bond acceptors (Lipinski definition) is 2. The van der Waals surface area contributed by atoms with E-state index in [0.29, 0.717) is 11.4 Å². The standard InChI is InChI=1S/C16H17Cl2FN2/c1-2-6-21-16(12-5-7-20-10-14(12)18)9-11-3-4-15(19)13(17)8-11/h3-5,7-8,10,16,21H,2,6,9H2,1H3. The van der Waals surface area contributed by atoms with Crippen LogP contribution in [0.2, 0.25) is 10.0 Å². The predicted molar refractivity (Wildman–Crippen MR) is 85.4 cm³/mol. The smallest absolute Gasteiger partial charge is 0.141 e. The molecule has 0 aliphatic heterocycles. The molecule has 1 unspecified atom stereocenters. The van der Waals surface area contributed by atoms with Crippen LogP contribution in [0.3, 0.4) is 0 Å². The second kappa shape index (κ2) is 7.74. The van der Waals surface area contributed by atoms with Gasteiger partial charge in [-0.05, 0) is 48.7 Å². The summed E-state index contributed by atoms with van der Waals surface area (Å²) in [5.41, 5.74) is 1.95. The third-order valence-electron chi connectivity index (χ3n) is 3.24. The maximum atomic E-state index is 13.2. The molecule has 5 heteroatoms. The molecule has 2 aromatic rings. The topological polar surface area (TPSA) is 24.9 Å². The van der Waals surface area contributed by atoms with Crippen molar-refractivity contribution in [3.63, 3.8) is 0 Å². The van der Waals surface area contributed by atoms with Crippen LogP contribution in [-0.4, -0.2) is 11.5 Å². The third kappa shape index (κ3) is 4.40. The minimum Gasteiger partial charge on any atom is -0.310 e. The van der Waals surface area contributed by atoms with Crippen molar-refractivity contribution in [1.29, 1.82) is 0 Å². The van der Waals surface area contributed by atoms with E-state index >= 15 is 0 Å². The molecule has 0 bridgehead atoms. The van der Waals surface area contributed by atoms with Crippen molar-refractivity contribution in [2.24, 2.45) is 0 Å². The molecule has 0 aliphatic carbocycles. The second-order valence-corrected chi connectivity index (χ2v) is 5.67. The molecule has 1 aromatic carbocycles. The van der Waals surface area contributed by atoms with Gasteiger partial charge in [0, 0.05) is 18.4 Å². The van der Waals surface area contributed by atoms with Crippen molar-refractivity contribution < 1.29 is 4.39 Å². The van der Waals surface area contributed by atoms with Crippen LogP contribution in [0.4, 0.5) is 4.39 Å². The Morgan fingerprint density at radius 1 is 1.24 bits per heavy atom. The SMILES string of the molecule is CCCNC(Cc1ccc(F)c(Cl)c1)c1ccncc1Cl. The predicted octanol–water partition coefficient (Wildman–Crippen LogP) is 4.81. The Morgan fingerprint density at radius 3 is 2.71 bits per heavy atom. The number of rotatable bonds is 6. The Labute approximate surface area is 134 Å². The molecule has 2 nitrogen and oxygen atoms in total. The second-order valence-electron chi connectivity index (χ2n) is 4.86. The van der Waals surface area contributed by atoms with Crippen LogP contribution in [-0.2, 0) is 6.42 Å². The summed E-state index contributed by atoms with van der Waals surface area (Å²) in [7, 11) is 0. The molecule has 1 atom stereocenters. The zero-order chi connectivity index (χ0) is 15.2. The van der Waals surface area contributed by atoms with Crippen molar-refractivity contribution in [2.75, 3.05) is 6.54 Å². The van der Waals surface area contributed by atoms with E-state index in [4.69, 9.17) is 23.2 Å². The van der Waals surface area contributed by atoms with Crippen LogP contribution >= 0.6 is 23.2 Å². The van der Waals surface area contributed by atoms with Gasteiger partial charge in [-0.25, -0.2) is 4.39 Å². The molecule has 0 aliphatic rings. The molecule has 1 heterocycles. The largest absolute Gasteiger partial charge is 0.310 e. The Kier molecular flexibility index (Phi) is 5.97. The Balaban J connectivity index is 2.24. The first-order chi connectivity index (χ1) is 10.1. The summed E-state index contributed by atoms with van der Waals surface area (Å²) in [6, 6.07) is 6.74. The highest BCUT2D eigenvalue weighted by molar-refractivity contribution is 6.31. The zero-order valence-electron chi connectivity index (χ0n) is 11.7. The quantitative estimate of drug-likeness (QED) is 0.823. The van der Waals surface area contributed by atoms with Gasteiger partial charge in [0.1, 0.15) is 5.82 Å². The van der Waals surface area contributed by atoms with Crippen LogP contribution in [0, 0.1) is 5.82 Å². The lowest BCUT2D eigenvalue weighted by molar-refractivity contribution is 0.528. The average Bonchev–Trinajstić information content (AvgIpc) is 2.48. The molecule has 112 valence electrons. The molecule has 2 rings (SSSR count). The molecular weight excluding hydrogens is 310 g/mol. The highest BCUT2D eigenvalue weighted by Gasteiger charge is 2.15. The zero-order valence-corrected chi connectivity index (χ0v) is 13.3. The maximum Gasteiger partial charge on any atom is 0.141 e. The highest BCUT2D eigenvalue weighted by atomic mass is 35.5. The summed E-state index contributed by atoms with van der Waals surface area (Å²) in [6.07, 6.45) is 5.06. The van der Waals surface area contributed by atoms with Crippen molar-refractivity contribution in [3.05, 3.63) is 63.6 Å².